The lowest BCUT2D eigenvalue weighted by Crippen LogP contribution is -2.23. The smallest absolute Gasteiger partial charge is 0.419 e. The van der Waals surface area contributed by atoms with Crippen molar-refractivity contribution in [2.75, 3.05) is 13.7 Å². The summed E-state index contributed by atoms with van der Waals surface area (Å²) >= 11 is 0. The van der Waals surface area contributed by atoms with Gasteiger partial charge in [-0.15, -0.1) is 0 Å². The van der Waals surface area contributed by atoms with Crippen molar-refractivity contribution in [3.05, 3.63) is 58.6 Å². The Balaban J connectivity index is 1.48. The highest BCUT2D eigenvalue weighted by atomic mass is 16.5. The van der Waals surface area contributed by atoms with Gasteiger partial charge in [0.15, 0.2) is 17.1 Å². The molecule has 7 heteroatoms. The minimum absolute atomic E-state index is 0.0712. The molecule has 2 aromatic carbocycles. The van der Waals surface area contributed by atoms with Crippen molar-refractivity contribution in [3.8, 4) is 11.5 Å². The highest BCUT2D eigenvalue weighted by Gasteiger charge is 2.10. The van der Waals surface area contributed by atoms with Gasteiger partial charge in [-0.1, -0.05) is 31.5 Å². The monoisotopic (exact) mass is 412 g/mol. The molecule has 0 aliphatic carbocycles. The second-order valence-electron chi connectivity index (χ2n) is 7.05. The van der Waals surface area contributed by atoms with Gasteiger partial charge in [-0.3, -0.25) is 9.36 Å². The highest BCUT2D eigenvalue weighted by Crippen LogP contribution is 2.28. The molecule has 0 saturated heterocycles. The summed E-state index contributed by atoms with van der Waals surface area (Å²) in [4.78, 5) is 24.2. The van der Waals surface area contributed by atoms with Crippen LogP contribution in [0.2, 0.25) is 0 Å². The van der Waals surface area contributed by atoms with E-state index in [4.69, 9.17) is 13.9 Å². The number of ether oxygens (including phenoxy) is 2. The standard InChI is InChI=1S/C23H28N2O5/c1-3-4-14-29-20-12-11-17(15-21(20)28-2)16-24-22(26)10-7-13-25-18-8-5-6-9-19(18)30-23(25)27/h5-6,8-9,11-12,15H,3-4,7,10,13-14,16H2,1-2H3,(H,24,26). The van der Waals surface area contributed by atoms with Gasteiger partial charge in [0.1, 0.15) is 0 Å². The third-order valence-electron chi connectivity index (χ3n) is 4.83. The first-order valence-electron chi connectivity index (χ1n) is 10.3. The molecule has 1 amide bonds. The summed E-state index contributed by atoms with van der Waals surface area (Å²) < 4.78 is 17.9. The van der Waals surface area contributed by atoms with Gasteiger partial charge < -0.3 is 19.2 Å². The maximum absolute atomic E-state index is 12.2. The summed E-state index contributed by atoms with van der Waals surface area (Å²) in [6.45, 7) is 3.60. The number of nitrogens with zero attached hydrogens (tertiary/aromatic N) is 1. The van der Waals surface area contributed by atoms with Crippen LogP contribution in [0.25, 0.3) is 11.1 Å². The molecule has 160 valence electrons. The predicted octanol–water partition coefficient (Wildman–Crippen LogP) is 3.88. The quantitative estimate of drug-likeness (QED) is 0.483. The zero-order valence-corrected chi connectivity index (χ0v) is 17.5. The van der Waals surface area contributed by atoms with Crippen LogP contribution >= 0.6 is 0 Å². The lowest BCUT2D eigenvalue weighted by atomic mass is 10.2. The number of aryl methyl sites for hydroxylation is 1. The molecule has 1 aromatic heterocycles. The van der Waals surface area contributed by atoms with Crippen LogP contribution in [0.1, 0.15) is 38.2 Å². The number of nitrogens with one attached hydrogen (secondary N) is 1. The Morgan fingerprint density at radius 2 is 1.97 bits per heavy atom. The summed E-state index contributed by atoms with van der Waals surface area (Å²) in [5.41, 5.74) is 2.24. The van der Waals surface area contributed by atoms with Crippen LogP contribution in [0.15, 0.2) is 51.7 Å². The summed E-state index contributed by atoms with van der Waals surface area (Å²) in [7, 11) is 1.60. The van der Waals surface area contributed by atoms with Gasteiger partial charge in [0.25, 0.3) is 0 Å². The Morgan fingerprint density at radius 3 is 2.77 bits per heavy atom. The molecule has 7 nitrogen and oxygen atoms in total. The molecule has 0 saturated carbocycles. The van der Waals surface area contributed by atoms with E-state index < -0.39 is 5.76 Å². The van der Waals surface area contributed by atoms with Crippen molar-refractivity contribution in [2.24, 2.45) is 0 Å². The molecular formula is C23H28N2O5. The maximum Gasteiger partial charge on any atom is 0.419 e. The fourth-order valence-electron chi connectivity index (χ4n) is 3.18. The molecule has 0 unspecified atom stereocenters. The largest absolute Gasteiger partial charge is 0.493 e. The van der Waals surface area contributed by atoms with E-state index in [9.17, 15) is 9.59 Å². The molecule has 0 spiro atoms. The number of fused-ring (bicyclic) bond motifs is 1. The first-order valence-corrected chi connectivity index (χ1v) is 10.3. The van der Waals surface area contributed by atoms with Gasteiger partial charge in [-0.25, -0.2) is 4.79 Å². The van der Waals surface area contributed by atoms with E-state index in [2.05, 4.69) is 12.2 Å². The first kappa shape index (κ1) is 21.5. The van der Waals surface area contributed by atoms with Crippen molar-refractivity contribution in [3.63, 3.8) is 0 Å². The predicted molar refractivity (Wildman–Crippen MR) is 115 cm³/mol. The van der Waals surface area contributed by atoms with Gasteiger partial charge in [-0.05, 0) is 42.7 Å². The van der Waals surface area contributed by atoms with Crippen LogP contribution in [0, 0.1) is 0 Å². The fourth-order valence-corrected chi connectivity index (χ4v) is 3.18. The molecule has 0 aliphatic heterocycles. The van der Waals surface area contributed by atoms with E-state index in [1.165, 1.54) is 0 Å². The lowest BCUT2D eigenvalue weighted by molar-refractivity contribution is -0.121. The number of unbranched alkanes of at least 4 members (excludes halogenated alkanes) is 1. The number of rotatable bonds is 11. The van der Waals surface area contributed by atoms with Crippen LogP contribution in [0.4, 0.5) is 0 Å². The minimum Gasteiger partial charge on any atom is -0.493 e. The lowest BCUT2D eigenvalue weighted by Gasteiger charge is -2.12. The molecule has 1 N–H and O–H groups in total. The van der Waals surface area contributed by atoms with Crippen molar-refractivity contribution in [1.29, 1.82) is 0 Å². The summed E-state index contributed by atoms with van der Waals surface area (Å²) in [6.07, 6.45) is 2.92. The topological polar surface area (TPSA) is 82.7 Å². The molecule has 0 atom stereocenters. The average molecular weight is 412 g/mol. The second-order valence-corrected chi connectivity index (χ2v) is 7.05. The summed E-state index contributed by atoms with van der Waals surface area (Å²) in [5.74, 6) is 0.894. The van der Waals surface area contributed by atoms with Gasteiger partial charge in [0, 0.05) is 19.5 Å². The number of hydrogen-bond acceptors (Lipinski definition) is 5. The summed E-state index contributed by atoms with van der Waals surface area (Å²) in [6, 6.07) is 12.9. The van der Waals surface area contributed by atoms with Crippen molar-refractivity contribution in [1.82, 2.24) is 9.88 Å². The van der Waals surface area contributed by atoms with Gasteiger partial charge in [-0.2, -0.15) is 0 Å². The molecule has 0 fully saturated rings. The number of para-hydroxylation sites is 2. The molecule has 0 aliphatic rings. The van der Waals surface area contributed by atoms with Crippen LogP contribution in [-0.4, -0.2) is 24.2 Å². The molecule has 3 aromatic rings. The minimum atomic E-state index is -0.398. The number of aromatic nitrogens is 1. The van der Waals surface area contributed by atoms with E-state index >= 15 is 0 Å². The molecule has 1 heterocycles. The number of methoxy groups -OCH3 is 1. The van der Waals surface area contributed by atoms with Crippen LogP contribution in [-0.2, 0) is 17.9 Å². The normalized spacial score (nSPS) is 10.9. The van der Waals surface area contributed by atoms with Gasteiger partial charge in [0.05, 0.1) is 19.2 Å². The molecular weight excluding hydrogens is 384 g/mol. The van der Waals surface area contributed by atoms with Gasteiger partial charge in [0.2, 0.25) is 5.91 Å². The van der Waals surface area contributed by atoms with Gasteiger partial charge >= 0.3 is 5.76 Å². The zero-order chi connectivity index (χ0) is 21.3. The number of amides is 1. The fraction of sp³-hybridized carbons (Fsp3) is 0.391. The molecule has 0 bridgehead atoms. The number of carbonyl (C=O) groups excluding carboxylic acids is 1. The van der Waals surface area contributed by atoms with Crippen LogP contribution < -0.4 is 20.5 Å². The second kappa shape index (κ2) is 10.5. The average Bonchev–Trinajstić information content (AvgIpc) is 3.08. The zero-order valence-electron chi connectivity index (χ0n) is 17.5. The van der Waals surface area contributed by atoms with E-state index in [1.54, 1.807) is 17.7 Å². The Labute approximate surface area is 175 Å². The van der Waals surface area contributed by atoms with E-state index in [0.29, 0.717) is 49.6 Å². The Bertz CT molecular complexity index is 1040. The Hall–Kier alpha value is -3.22. The number of hydrogen-bond donors (Lipinski definition) is 1. The number of carbonyl (C=O) groups is 1. The van der Waals surface area contributed by atoms with Crippen molar-refractivity contribution < 1.29 is 18.7 Å². The number of benzene rings is 2. The van der Waals surface area contributed by atoms with E-state index in [-0.39, 0.29) is 5.91 Å². The summed E-state index contributed by atoms with van der Waals surface area (Å²) in [5, 5.41) is 2.91. The third kappa shape index (κ3) is 5.43. The molecule has 30 heavy (non-hydrogen) atoms. The number of oxazole rings is 1. The Morgan fingerprint density at radius 1 is 1.13 bits per heavy atom. The SMILES string of the molecule is CCCCOc1ccc(CNC(=O)CCCn2c(=O)oc3ccccc32)cc1OC. The van der Waals surface area contributed by atoms with Crippen molar-refractivity contribution in [2.45, 2.75) is 45.7 Å². The Kier molecular flexibility index (Phi) is 7.54. The maximum atomic E-state index is 12.2. The van der Waals surface area contributed by atoms with Crippen LogP contribution in [0.5, 0.6) is 11.5 Å². The van der Waals surface area contributed by atoms with Crippen molar-refractivity contribution >= 4 is 17.0 Å². The van der Waals surface area contributed by atoms with E-state index in [0.717, 1.165) is 23.9 Å². The molecule has 3 rings (SSSR count). The molecule has 0 radical (unpaired) electrons. The highest BCUT2D eigenvalue weighted by molar-refractivity contribution is 5.76. The van der Waals surface area contributed by atoms with E-state index in [1.807, 2.05) is 36.4 Å². The van der Waals surface area contributed by atoms with Crippen LogP contribution in [0.3, 0.4) is 0 Å². The first-order chi connectivity index (χ1) is 14.6. The third-order valence-corrected chi connectivity index (χ3v) is 4.83.